The number of halogens is 1. The first-order chi connectivity index (χ1) is 9.09. The summed E-state index contributed by atoms with van der Waals surface area (Å²) in [7, 11) is 0. The number of nitrogens with zero attached hydrogens (tertiary/aromatic N) is 1. The zero-order valence-electron chi connectivity index (χ0n) is 10.6. The summed E-state index contributed by atoms with van der Waals surface area (Å²) in [4.78, 5) is 14.6. The second kappa shape index (κ2) is 4.63. The summed E-state index contributed by atoms with van der Waals surface area (Å²) in [5.41, 5.74) is 3.17. The zero-order chi connectivity index (χ0) is 13.5. The van der Waals surface area contributed by atoms with Crippen LogP contribution in [0.15, 0.2) is 54.6 Å². The highest BCUT2D eigenvalue weighted by molar-refractivity contribution is 14.1. The molecule has 1 atom stereocenters. The van der Waals surface area contributed by atoms with Gasteiger partial charge in [0.15, 0.2) is 0 Å². The van der Waals surface area contributed by atoms with Crippen LogP contribution in [0.1, 0.15) is 12.5 Å². The Labute approximate surface area is 126 Å². The molecule has 0 aliphatic carbocycles. The highest BCUT2D eigenvalue weighted by Crippen LogP contribution is 2.41. The maximum absolute atomic E-state index is 12.7. The second-order valence-corrected chi connectivity index (χ2v) is 7.36. The normalized spacial score (nSPS) is 22.2. The van der Waals surface area contributed by atoms with Crippen molar-refractivity contribution < 1.29 is 4.79 Å². The number of alkyl halides is 1. The molecule has 1 aliphatic rings. The Kier molecular flexibility index (Phi) is 3.09. The van der Waals surface area contributed by atoms with E-state index in [0.717, 1.165) is 17.8 Å². The van der Waals surface area contributed by atoms with Crippen LogP contribution in [-0.2, 0) is 11.2 Å². The molecular weight excluding hydrogens is 349 g/mol. The van der Waals surface area contributed by atoms with Crippen LogP contribution in [0.25, 0.3) is 0 Å². The molecule has 0 fully saturated rings. The van der Waals surface area contributed by atoms with Gasteiger partial charge in [0.05, 0.1) is 5.69 Å². The Bertz CT molecular complexity index is 622. The third kappa shape index (κ3) is 2.16. The first-order valence-corrected chi connectivity index (χ1v) is 7.34. The number of rotatable bonds is 1. The largest absolute Gasteiger partial charge is 0.280 e. The number of hydrogen-bond acceptors (Lipinski definition) is 1. The third-order valence-electron chi connectivity index (χ3n) is 3.42. The molecule has 2 aromatic carbocycles. The lowest BCUT2D eigenvalue weighted by atomic mass is 9.92. The van der Waals surface area contributed by atoms with Crippen molar-refractivity contribution >= 4 is 39.9 Å². The van der Waals surface area contributed by atoms with Gasteiger partial charge < -0.3 is 0 Å². The predicted octanol–water partition coefficient (Wildman–Crippen LogP) is 4.10. The summed E-state index contributed by atoms with van der Waals surface area (Å²) >= 11 is 2.26. The van der Waals surface area contributed by atoms with Crippen LogP contribution in [0.5, 0.6) is 0 Å². The van der Waals surface area contributed by atoms with E-state index < -0.39 is 0 Å². The smallest absolute Gasteiger partial charge is 0.247 e. The standard InChI is InChI=1S/C16H14INO/c1-16(17)11-12-7-5-6-10-14(12)18(15(16)19)13-8-3-2-4-9-13/h2-10H,11H2,1H3. The van der Waals surface area contributed by atoms with Crippen molar-refractivity contribution in [2.45, 2.75) is 16.8 Å². The van der Waals surface area contributed by atoms with Crippen LogP contribution in [0.4, 0.5) is 11.4 Å². The SMILES string of the molecule is CC1(I)Cc2ccccc2N(c2ccccc2)C1=O. The molecule has 19 heavy (non-hydrogen) atoms. The molecule has 1 aliphatic heterocycles. The van der Waals surface area contributed by atoms with Crippen molar-refractivity contribution in [3.8, 4) is 0 Å². The Morgan fingerprint density at radius 3 is 2.42 bits per heavy atom. The predicted molar refractivity (Wildman–Crippen MR) is 86.2 cm³/mol. The van der Waals surface area contributed by atoms with Gasteiger partial charge in [-0.1, -0.05) is 59.0 Å². The van der Waals surface area contributed by atoms with Crippen LogP contribution in [-0.4, -0.2) is 9.33 Å². The third-order valence-corrected chi connectivity index (χ3v) is 4.26. The molecule has 1 heterocycles. The van der Waals surface area contributed by atoms with Crippen molar-refractivity contribution in [2.24, 2.45) is 0 Å². The van der Waals surface area contributed by atoms with E-state index in [0.29, 0.717) is 0 Å². The van der Waals surface area contributed by atoms with Gasteiger partial charge in [0.2, 0.25) is 5.91 Å². The molecule has 0 saturated carbocycles. The lowest BCUT2D eigenvalue weighted by Crippen LogP contribution is -2.46. The van der Waals surface area contributed by atoms with E-state index in [1.165, 1.54) is 5.56 Å². The number of amides is 1. The highest BCUT2D eigenvalue weighted by atomic mass is 127. The van der Waals surface area contributed by atoms with Crippen LogP contribution in [0.3, 0.4) is 0 Å². The number of carbonyl (C=O) groups excluding carboxylic acids is 1. The monoisotopic (exact) mass is 363 g/mol. The van der Waals surface area contributed by atoms with E-state index in [9.17, 15) is 4.79 Å². The highest BCUT2D eigenvalue weighted by Gasteiger charge is 2.40. The molecule has 0 bridgehead atoms. The average molecular weight is 363 g/mol. The van der Waals surface area contributed by atoms with Crippen LogP contribution in [0, 0.1) is 0 Å². The van der Waals surface area contributed by atoms with Gasteiger partial charge in [0, 0.05) is 5.69 Å². The topological polar surface area (TPSA) is 20.3 Å². The van der Waals surface area contributed by atoms with E-state index in [-0.39, 0.29) is 9.33 Å². The Balaban J connectivity index is 2.19. The Morgan fingerprint density at radius 2 is 1.68 bits per heavy atom. The molecular formula is C16H14INO. The summed E-state index contributed by atoms with van der Waals surface area (Å²) in [5, 5.41) is 0. The summed E-state index contributed by atoms with van der Waals surface area (Å²) in [6.07, 6.45) is 0.784. The van der Waals surface area contributed by atoms with Crippen LogP contribution >= 0.6 is 22.6 Å². The lowest BCUT2D eigenvalue weighted by molar-refractivity contribution is -0.119. The summed E-state index contributed by atoms with van der Waals surface area (Å²) in [6, 6.07) is 18.0. The molecule has 1 unspecified atom stereocenters. The Morgan fingerprint density at radius 1 is 1.05 bits per heavy atom. The second-order valence-electron chi connectivity index (χ2n) is 4.98. The first-order valence-electron chi connectivity index (χ1n) is 6.26. The molecule has 1 amide bonds. The van der Waals surface area contributed by atoms with Crippen LogP contribution < -0.4 is 4.90 Å². The first kappa shape index (κ1) is 12.7. The fourth-order valence-corrected chi connectivity index (χ4v) is 3.14. The molecule has 3 heteroatoms. The number of benzene rings is 2. The molecule has 96 valence electrons. The molecule has 0 radical (unpaired) electrons. The average Bonchev–Trinajstić information content (AvgIpc) is 2.41. The maximum Gasteiger partial charge on any atom is 0.247 e. The molecule has 0 N–H and O–H groups in total. The van der Waals surface area contributed by atoms with Crippen molar-refractivity contribution in [3.63, 3.8) is 0 Å². The summed E-state index contributed by atoms with van der Waals surface area (Å²) < 4.78 is -0.387. The number of carbonyl (C=O) groups is 1. The minimum atomic E-state index is -0.387. The fraction of sp³-hybridized carbons (Fsp3) is 0.188. The van der Waals surface area contributed by atoms with Gasteiger partial charge in [-0.3, -0.25) is 9.69 Å². The van der Waals surface area contributed by atoms with Gasteiger partial charge in [-0.2, -0.15) is 0 Å². The zero-order valence-corrected chi connectivity index (χ0v) is 12.8. The van der Waals surface area contributed by atoms with Crippen molar-refractivity contribution in [3.05, 3.63) is 60.2 Å². The summed E-state index contributed by atoms with van der Waals surface area (Å²) in [5.74, 6) is 0.151. The maximum atomic E-state index is 12.7. The van der Waals surface area contributed by atoms with E-state index in [1.54, 1.807) is 0 Å². The quantitative estimate of drug-likeness (QED) is 0.552. The lowest BCUT2D eigenvalue weighted by Gasteiger charge is -2.37. The van der Waals surface area contributed by atoms with Gasteiger partial charge >= 0.3 is 0 Å². The molecule has 0 aromatic heterocycles. The fourth-order valence-electron chi connectivity index (χ4n) is 2.49. The minimum Gasteiger partial charge on any atom is -0.280 e. The van der Waals surface area contributed by atoms with Crippen molar-refractivity contribution in [1.82, 2.24) is 0 Å². The number of anilines is 2. The number of para-hydroxylation sites is 2. The van der Waals surface area contributed by atoms with Gasteiger partial charge in [-0.05, 0) is 37.1 Å². The molecule has 2 aromatic rings. The summed E-state index contributed by atoms with van der Waals surface area (Å²) in [6.45, 7) is 2.00. The number of hydrogen-bond donors (Lipinski definition) is 0. The molecule has 0 saturated heterocycles. The molecule has 2 nitrogen and oxygen atoms in total. The molecule has 3 rings (SSSR count). The van der Waals surface area contributed by atoms with Crippen molar-refractivity contribution in [1.29, 1.82) is 0 Å². The van der Waals surface area contributed by atoms with Crippen molar-refractivity contribution in [2.75, 3.05) is 4.90 Å². The van der Waals surface area contributed by atoms with E-state index in [4.69, 9.17) is 0 Å². The van der Waals surface area contributed by atoms with Gasteiger partial charge in [0.1, 0.15) is 3.42 Å². The van der Waals surface area contributed by atoms with E-state index in [2.05, 4.69) is 28.7 Å². The number of fused-ring (bicyclic) bond motifs is 1. The van der Waals surface area contributed by atoms with Gasteiger partial charge in [-0.15, -0.1) is 0 Å². The van der Waals surface area contributed by atoms with Gasteiger partial charge in [0.25, 0.3) is 0 Å². The molecule has 0 spiro atoms. The Hall–Kier alpha value is -1.36. The van der Waals surface area contributed by atoms with Gasteiger partial charge in [-0.25, -0.2) is 0 Å². The minimum absolute atomic E-state index is 0.151. The van der Waals surface area contributed by atoms with E-state index >= 15 is 0 Å². The van der Waals surface area contributed by atoms with E-state index in [1.807, 2.05) is 60.4 Å². The van der Waals surface area contributed by atoms with Crippen LogP contribution in [0.2, 0.25) is 0 Å².